The standard InChI is InChI=1S/C5H4N4O3.BrH/c10-3-1-2(7-4(11)6-1)8-5(12)9-3;/h(H4,6,7,8,9,10,11,12);1H. The molecule has 2 rings (SSSR count). The molecule has 7 nitrogen and oxygen atoms in total. The average molecular weight is 249 g/mol. The Morgan fingerprint density at radius 3 is 1.92 bits per heavy atom. The van der Waals surface area contributed by atoms with Gasteiger partial charge in [-0.05, 0) is 0 Å². The van der Waals surface area contributed by atoms with E-state index >= 15 is 0 Å². The van der Waals surface area contributed by atoms with Gasteiger partial charge in [-0.3, -0.25) is 24.7 Å². The van der Waals surface area contributed by atoms with E-state index in [1.54, 1.807) is 0 Å². The van der Waals surface area contributed by atoms with E-state index < -0.39 is 16.9 Å². The van der Waals surface area contributed by atoms with E-state index in [-0.39, 0.29) is 28.1 Å². The number of aromatic nitrogens is 4. The van der Waals surface area contributed by atoms with Gasteiger partial charge in [0.25, 0.3) is 5.56 Å². The Balaban J connectivity index is 0.000000845. The minimum Gasteiger partial charge on any atom is -0.300 e. The Morgan fingerprint density at radius 1 is 0.769 bits per heavy atom. The van der Waals surface area contributed by atoms with Crippen molar-refractivity contribution < 1.29 is 0 Å². The smallest absolute Gasteiger partial charge is 0.300 e. The zero-order valence-electron chi connectivity index (χ0n) is 6.13. The van der Waals surface area contributed by atoms with Crippen molar-refractivity contribution in [1.29, 1.82) is 0 Å². The van der Waals surface area contributed by atoms with Crippen molar-refractivity contribution in [3.63, 3.8) is 0 Å². The van der Waals surface area contributed by atoms with Crippen molar-refractivity contribution in [1.82, 2.24) is 19.9 Å². The van der Waals surface area contributed by atoms with Crippen molar-refractivity contribution in [2.45, 2.75) is 0 Å². The normalized spacial score (nSPS) is 9.85. The molecule has 4 N–H and O–H groups in total. The van der Waals surface area contributed by atoms with Gasteiger partial charge in [0.15, 0.2) is 0 Å². The van der Waals surface area contributed by atoms with Crippen molar-refractivity contribution >= 4 is 28.1 Å². The molecule has 13 heavy (non-hydrogen) atoms. The van der Waals surface area contributed by atoms with Crippen molar-refractivity contribution in [2.75, 3.05) is 0 Å². The summed E-state index contributed by atoms with van der Waals surface area (Å²) in [6, 6.07) is 0. The minimum atomic E-state index is -0.650. The van der Waals surface area contributed by atoms with Crippen LogP contribution in [0.25, 0.3) is 11.2 Å². The van der Waals surface area contributed by atoms with E-state index in [1.165, 1.54) is 0 Å². The summed E-state index contributed by atoms with van der Waals surface area (Å²) in [5.74, 6) is 0. The van der Waals surface area contributed by atoms with Gasteiger partial charge >= 0.3 is 11.4 Å². The van der Waals surface area contributed by atoms with Crippen LogP contribution in [-0.4, -0.2) is 19.9 Å². The first-order valence-electron chi connectivity index (χ1n) is 3.11. The number of halogens is 1. The number of aromatic amines is 4. The van der Waals surface area contributed by atoms with Crippen LogP contribution in [0, 0.1) is 0 Å². The predicted molar refractivity (Wildman–Crippen MR) is 50.5 cm³/mol. The summed E-state index contributed by atoms with van der Waals surface area (Å²) in [6.07, 6.45) is 0. The lowest BCUT2D eigenvalue weighted by atomic mass is 10.5. The molecule has 0 saturated carbocycles. The van der Waals surface area contributed by atoms with Crippen LogP contribution in [0.3, 0.4) is 0 Å². The molecule has 0 radical (unpaired) electrons. The Hall–Kier alpha value is -1.57. The molecule has 0 bridgehead atoms. The zero-order chi connectivity index (χ0) is 8.72. The fourth-order valence-electron chi connectivity index (χ4n) is 0.958. The fraction of sp³-hybridized carbons (Fsp3) is 0. The van der Waals surface area contributed by atoms with Gasteiger partial charge in [-0.1, -0.05) is 0 Å². The zero-order valence-corrected chi connectivity index (χ0v) is 7.85. The number of fused-ring (bicyclic) bond motifs is 1. The van der Waals surface area contributed by atoms with Crippen LogP contribution in [0.15, 0.2) is 14.4 Å². The van der Waals surface area contributed by atoms with E-state index in [0.717, 1.165) is 0 Å². The Morgan fingerprint density at radius 2 is 1.31 bits per heavy atom. The highest BCUT2D eigenvalue weighted by Crippen LogP contribution is 1.88. The molecule has 0 aromatic carbocycles. The molecule has 0 spiro atoms. The molecule has 2 aromatic rings. The summed E-state index contributed by atoms with van der Waals surface area (Å²) < 4.78 is 0. The lowest BCUT2D eigenvalue weighted by molar-refractivity contribution is 1.07. The monoisotopic (exact) mass is 248 g/mol. The fourth-order valence-corrected chi connectivity index (χ4v) is 0.958. The second-order valence-corrected chi connectivity index (χ2v) is 2.24. The van der Waals surface area contributed by atoms with Crippen LogP contribution in [0.5, 0.6) is 0 Å². The summed E-state index contributed by atoms with van der Waals surface area (Å²) in [4.78, 5) is 41.0. The maximum Gasteiger partial charge on any atom is 0.327 e. The van der Waals surface area contributed by atoms with Crippen LogP contribution in [-0.2, 0) is 0 Å². The Kier molecular flexibility index (Phi) is 2.24. The summed E-state index contributed by atoms with van der Waals surface area (Å²) in [6.45, 7) is 0. The molecule has 70 valence electrons. The van der Waals surface area contributed by atoms with Crippen LogP contribution >= 0.6 is 17.0 Å². The van der Waals surface area contributed by atoms with E-state index in [2.05, 4.69) is 15.0 Å². The second-order valence-electron chi connectivity index (χ2n) is 2.24. The second kappa shape index (κ2) is 3.05. The van der Waals surface area contributed by atoms with Gasteiger partial charge in [0.05, 0.1) is 0 Å². The van der Waals surface area contributed by atoms with E-state index in [9.17, 15) is 14.4 Å². The third kappa shape index (κ3) is 1.47. The maximum atomic E-state index is 10.9. The predicted octanol–water partition coefficient (Wildman–Crippen LogP) is -1.19. The Labute approximate surface area is 80.0 Å². The number of rotatable bonds is 0. The number of nitrogens with one attached hydrogen (secondary N) is 4. The van der Waals surface area contributed by atoms with Gasteiger partial charge < -0.3 is 0 Å². The molecule has 8 heteroatoms. The molecule has 0 saturated heterocycles. The van der Waals surface area contributed by atoms with E-state index in [0.29, 0.717) is 0 Å². The van der Waals surface area contributed by atoms with E-state index in [4.69, 9.17) is 0 Å². The van der Waals surface area contributed by atoms with Gasteiger partial charge in [-0.2, -0.15) is 0 Å². The maximum absolute atomic E-state index is 10.9. The van der Waals surface area contributed by atoms with Crippen molar-refractivity contribution in [3.05, 3.63) is 31.3 Å². The first-order valence-corrected chi connectivity index (χ1v) is 3.11. The molecule has 0 aliphatic carbocycles. The number of hydrogen-bond acceptors (Lipinski definition) is 3. The molecular weight excluding hydrogens is 244 g/mol. The minimum absolute atomic E-state index is 0. The first-order chi connectivity index (χ1) is 5.66. The van der Waals surface area contributed by atoms with Crippen LogP contribution < -0.4 is 16.9 Å². The number of H-pyrrole nitrogens is 4. The number of hydrogen-bond donors (Lipinski definition) is 4. The molecule has 0 atom stereocenters. The Bertz CT molecular complexity index is 588. The third-order valence-electron chi connectivity index (χ3n) is 1.42. The van der Waals surface area contributed by atoms with Gasteiger partial charge in [0, 0.05) is 0 Å². The summed E-state index contributed by atoms with van der Waals surface area (Å²) in [5.41, 5.74) is -1.65. The largest absolute Gasteiger partial charge is 0.327 e. The molecule has 2 heterocycles. The molecule has 0 aliphatic heterocycles. The quantitative estimate of drug-likeness (QED) is 0.470. The SMILES string of the molecule is Br.O=c1[nH]c(=O)c2[nH]c(=O)[nH]c2[nH]1. The topological polar surface area (TPSA) is 114 Å². The summed E-state index contributed by atoms with van der Waals surface area (Å²) >= 11 is 0. The average Bonchev–Trinajstić information content (AvgIpc) is 2.29. The molecule has 0 unspecified atom stereocenters. The van der Waals surface area contributed by atoms with Crippen LogP contribution in [0.4, 0.5) is 0 Å². The molecule has 0 amide bonds. The highest BCUT2D eigenvalue weighted by Gasteiger charge is 2.02. The first kappa shape index (κ1) is 9.52. The summed E-state index contributed by atoms with van der Waals surface area (Å²) in [7, 11) is 0. The molecule has 0 fully saturated rings. The number of imidazole rings is 1. The van der Waals surface area contributed by atoms with Crippen molar-refractivity contribution in [3.8, 4) is 0 Å². The molecular formula is C5H5BrN4O3. The molecule has 0 aliphatic rings. The highest BCUT2D eigenvalue weighted by molar-refractivity contribution is 8.93. The van der Waals surface area contributed by atoms with Crippen LogP contribution in [0.1, 0.15) is 0 Å². The van der Waals surface area contributed by atoms with Gasteiger partial charge in [-0.25, -0.2) is 9.59 Å². The van der Waals surface area contributed by atoms with Gasteiger partial charge in [-0.15, -0.1) is 17.0 Å². The van der Waals surface area contributed by atoms with Crippen LogP contribution in [0.2, 0.25) is 0 Å². The van der Waals surface area contributed by atoms with Gasteiger partial charge in [0.2, 0.25) is 0 Å². The molecule has 2 aromatic heterocycles. The lowest BCUT2D eigenvalue weighted by Gasteiger charge is -1.83. The highest BCUT2D eigenvalue weighted by atomic mass is 79.9. The van der Waals surface area contributed by atoms with Crippen molar-refractivity contribution in [2.24, 2.45) is 0 Å². The third-order valence-corrected chi connectivity index (χ3v) is 1.42. The van der Waals surface area contributed by atoms with E-state index in [1.807, 2.05) is 4.98 Å². The lowest BCUT2D eigenvalue weighted by Crippen LogP contribution is -2.21. The van der Waals surface area contributed by atoms with Gasteiger partial charge in [0.1, 0.15) is 11.2 Å². The summed E-state index contributed by atoms with van der Waals surface area (Å²) in [5, 5.41) is 0.